The zero-order valence-corrected chi connectivity index (χ0v) is 36.7. The van der Waals surface area contributed by atoms with E-state index in [0.717, 1.165) is 12.8 Å². The third-order valence-corrected chi connectivity index (χ3v) is 15.1. The standard InChI is InChI=1S/C65H46/c1-3-65(4-2)63-39-47(43-17-13-15-41(35-43)45-27-31-57-53-23-7-5-19-49(53)51-21-9-11-25-55(51)61(57)37-45)29-33-59(63)60-34-30-48(40-64(60)65)44-18-14-16-42(36-44)46-28-32-58-54-24-8-6-20-50(54)52-22-10-12-26-56(52)62(58)38-46/h5-40H,3-4H2,1-2H3. The van der Waals surface area contributed by atoms with Gasteiger partial charge in [0.2, 0.25) is 0 Å². The van der Waals surface area contributed by atoms with Crippen LogP contribution in [0.3, 0.4) is 0 Å². The predicted octanol–water partition coefficient (Wildman–Crippen LogP) is 18.4. The zero-order valence-electron chi connectivity index (χ0n) is 36.7. The van der Waals surface area contributed by atoms with Crippen LogP contribution in [0.1, 0.15) is 37.8 Å². The van der Waals surface area contributed by atoms with Gasteiger partial charge in [-0.25, -0.2) is 0 Å². The molecule has 0 aromatic heterocycles. The van der Waals surface area contributed by atoms with Gasteiger partial charge in [0, 0.05) is 5.41 Å². The normalized spacial score (nSPS) is 13.0. The lowest BCUT2D eigenvalue weighted by Gasteiger charge is -2.30. The lowest BCUT2D eigenvalue weighted by molar-refractivity contribution is 0.491. The number of benzene rings is 12. The molecule has 1 aliphatic carbocycles. The average Bonchev–Trinajstić information content (AvgIpc) is 3.67. The highest BCUT2D eigenvalue weighted by Gasteiger charge is 2.41. The highest BCUT2D eigenvalue weighted by Crippen LogP contribution is 2.54. The van der Waals surface area contributed by atoms with Gasteiger partial charge in [0.1, 0.15) is 0 Å². The van der Waals surface area contributed by atoms with E-state index in [1.54, 1.807) is 0 Å². The van der Waals surface area contributed by atoms with Crippen LogP contribution in [0, 0.1) is 0 Å². The van der Waals surface area contributed by atoms with E-state index in [1.807, 2.05) is 0 Å². The molecule has 306 valence electrons. The summed E-state index contributed by atoms with van der Waals surface area (Å²) in [4.78, 5) is 0. The summed E-state index contributed by atoms with van der Waals surface area (Å²) < 4.78 is 0. The van der Waals surface area contributed by atoms with Crippen molar-refractivity contribution in [2.24, 2.45) is 0 Å². The molecule has 0 heterocycles. The topological polar surface area (TPSA) is 0 Å². The van der Waals surface area contributed by atoms with Gasteiger partial charge in [-0.05, 0) is 181 Å². The van der Waals surface area contributed by atoms with E-state index in [1.165, 1.54) is 131 Å². The molecule has 1 aliphatic rings. The second kappa shape index (κ2) is 14.6. The Morgan fingerprint density at radius 3 is 0.815 bits per heavy atom. The third-order valence-electron chi connectivity index (χ3n) is 15.1. The molecule has 0 fully saturated rings. The molecule has 13 rings (SSSR count). The Kier molecular flexibility index (Phi) is 8.49. The largest absolute Gasteiger partial charge is 0.0642 e. The molecule has 0 amide bonds. The highest BCUT2D eigenvalue weighted by molar-refractivity contribution is 6.27. The molecule has 0 radical (unpaired) electrons. The van der Waals surface area contributed by atoms with E-state index in [4.69, 9.17) is 0 Å². The number of fused-ring (bicyclic) bond motifs is 15. The van der Waals surface area contributed by atoms with Crippen molar-refractivity contribution in [3.05, 3.63) is 230 Å². The average molecular weight is 827 g/mol. The highest BCUT2D eigenvalue weighted by atomic mass is 14.4. The summed E-state index contributed by atoms with van der Waals surface area (Å²) in [6, 6.07) is 82.2. The van der Waals surface area contributed by atoms with E-state index < -0.39 is 0 Å². The van der Waals surface area contributed by atoms with Crippen molar-refractivity contribution in [1.82, 2.24) is 0 Å². The second-order valence-corrected chi connectivity index (χ2v) is 18.2. The molecular weight excluding hydrogens is 781 g/mol. The molecule has 12 aromatic carbocycles. The van der Waals surface area contributed by atoms with Gasteiger partial charge in [-0.1, -0.05) is 196 Å². The number of hydrogen-bond acceptors (Lipinski definition) is 0. The van der Waals surface area contributed by atoms with Gasteiger partial charge in [-0.15, -0.1) is 0 Å². The minimum absolute atomic E-state index is 0.0732. The first-order valence-corrected chi connectivity index (χ1v) is 23.3. The van der Waals surface area contributed by atoms with Crippen LogP contribution in [0.25, 0.3) is 120 Å². The molecule has 0 saturated heterocycles. The fourth-order valence-corrected chi connectivity index (χ4v) is 11.8. The Morgan fingerprint density at radius 2 is 0.492 bits per heavy atom. The zero-order chi connectivity index (χ0) is 43.2. The Hall–Kier alpha value is -7.80. The van der Waals surface area contributed by atoms with Gasteiger partial charge >= 0.3 is 0 Å². The van der Waals surface area contributed by atoms with Gasteiger partial charge in [-0.2, -0.15) is 0 Å². The molecular formula is C65H46. The molecule has 0 aliphatic heterocycles. The van der Waals surface area contributed by atoms with Crippen LogP contribution < -0.4 is 0 Å². The van der Waals surface area contributed by atoms with Gasteiger partial charge in [0.15, 0.2) is 0 Å². The van der Waals surface area contributed by atoms with Crippen molar-refractivity contribution in [1.29, 1.82) is 0 Å². The van der Waals surface area contributed by atoms with E-state index >= 15 is 0 Å². The summed E-state index contributed by atoms with van der Waals surface area (Å²) in [5.74, 6) is 0. The summed E-state index contributed by atoms with van der Waals surface area (Å²) in [5, 5.41) is 15.7. The molecule has 0 nitrogen and oxygen atoms in total. The molecule has 0 spiro atoms. The summed E-state index contributed by atoms with van der Waals surface area (Å²) in [7, 11) is 0. The summed E-state index contributed by atoms with van der Waals surface area (Å²) in [6.45, 7) is 4.75. The van der Waals surface area contributed by atoms with Gasteiger partial charge in [0.25, 0.3) is 0 Å². The van der Waals surface area contributed by atoms with E-state index in [-0.39, 0.29) is 5.41 Å². The third kappa shape index (κ3) is 5.70. The van der Waals surface area contributed by atoms with Crippen LogP contribution >= 0.6 is 0 Å². The van der Waals surface area contributed by atoms with E-state index in [2.05, 4.69) is 232 Å². The molecule has 0 unspecified atom stereocenters. The lowest BCUT2D eigenvalue weighted by atomic mass is 9.73. The smallest absolute Gasteiger partial charge is 0.0210 e. The fraction of sp³-hybridized carbons (Fsp3) is 0.0769. The maximum atomic E-state index is 2.51. The first-order chi connectivity index (χ1) is 32.1. The molecule has 0 N–H and O–H groups in total. The second-order valence-electron chi connectivity index (χ2n) is 18.2. The Balaban J connectivity index is 0.864. The maximum Gasteiger partial charge on any atom is 0.0210 e. The summed E-state index contributed by atoms with van der Waals surface area (Å²) in [5.41, 5.74) is 15.6. The monoisotopic (exact) mass is 826 g/mol. The van der Waals surface area contributed by atoms with Crippen LogP contribution in [0.4, 0.5) is 0 Å². The molecule has 0 bridgehead atoms. The van der Waals surface area contributed by atoms with Crippen LogP contribution in [0.2, 0.25) is 0 Å². The van der Waals surface area contributed by atoms with Crippen molar-refractivity contribution in [3.63, 3.8) is 0 Å². The maximum absolute atomic E-state index is 2.51. The first-order valence-electron chi connectivity index (χ1n) is 23.3. The van der Waals surface area contributed by atoms with Crippen molar-refractivity contribution < 1.29 is 0 Å². The molecule has 0 heteroatoms. The molecule has 12 aromatic rings. The van der Waals surface area contributed by atoms with E-state index in [9.17, 15) is 0 Å². The SMILES string of the molecule is CCC1(CC)c2cc(-c3cccc(-c4ccc5c6ccccc6c6ccccc6c5c4)c3)ccc2-c2ccc(-c3cccc(-c4ccc5c6ccccc6c6ccccc6c5c4)c3)cc21. The van der Waals surface area contributed by atoms with E-state index in [0.29, 0.717) is 0 Å². The minimum atomic E-state index is -0.0732. The number of hydrogen-bond donors (Lipinski definition) is 0. The molecule has 0 atom stereocenters. The van der Waals surface area contributed by atoms with Crippen LogP contribution in [-0.4, -0.2) is 0 Å². The summed E-state index contributed by atoms with van der Waals surface area (Å²) >= 11 is 0. The van der Waals surface area contributed by atoms with Crippen molar-refractivity contribution in [3.8, 4) is 55.6 Å². The van der Waals surface area contributed by atoms with Crippen molar-refractivity contribution in [2.75, 3.05) is 0 Å². The van der Waals surface area contributed by atoms with Gasteiger partial charge in [0.05, 0.1) is 0 Å². The van der Waals surface area contributed by atoms with Crippen LogP contribution in [0.15, 0.2) is 218 Å². The first kappa shape index (κ1) is 37.7. The van der Waals surface area contributed by atoms with Crippen LogP contribution in [0.5, 0.6) is 0 Å². The fourth-order valence-electron chi connectivity index (χ4n) is 11.8. The minimum Gasteiger partial charge on any atom is -0.0642 e. The van der Waals surface area contributed by atoms with Crippen LogP contribution in [-0.2, 0) is 5.41 Å². The molecule has 0 saturated carbocycles. The van der Waals surface area contributed by atoms with Crippen molar-refractivity contribution in [2.45, 2.75) is 32.1 Å². The molecule has 65 heavy (non-hydrogen) atoms. The number of rotatable bonds is 6. The Morgan fingerprint density at radius 1 is 0.231 bits per heavy atom. The summed E-state index contributed by atoms with van der Waals surface area (Å²) in [6.07, 6.45) is 2.08. The quantitative estimate of drug-likeness (QED) is 0.147. The van der Waals surface area contributed by atoms with Gasteiger partial charge in [-0.3, -0.25) is 0 Å². The lowest BCUT2D eigenvalue weighted by Crippen LogP contribution is -2.23. The van der Waals surface area contributed by atoms with Crippen molar-refractivity contribution >= 4 is 64.6 Å². The Bertz CT molecular complexity index is 3590. The Labute approximate surface area is 380 Å². The predicted molar refractivity (Wildman–Crippen MR) is 280 cm³/mol. The van der Waals surface area contributed by atoms with Gasteiger partial charge < -0.3 is 0 Å².